The van der Waals surface area contributed by atoms with E-state index in [2.05, 4.69) is 0 Å². The van der Waals surface area contributed by atoms with Crippen molar-refractivity contribution in [2.45, 2.75) is 6.42 Å². The van der Waals surface area contributed by atoms with Gasteiger partial charge in [-0.15, -0.1) is 0 Å². The average molecular weight is 174 g/mol. The molecular formula is C10H10N2O. The van der Waals surface area contributed by atoms with Crippen LogP contribution in [-0.4, -0.2) is 10.3 Å². The zero-order chi connectivity index (χ0) is 9.26. The smallest absolute Gasteiger partial charge is 0.221 e. The first-order valence-corrected chi connectivity index (χ1v) is 4.10. The third-order valence-electron chi connectivity index (χ3n) is 2.02. The molecule has 66 valence electrons. The molecule has 1 amide bonds. The molecule has 2 heterocycles. The minimum Gasteiger partial charge on any atom is -0.369 e. The highest BCUT2D eigenvalue weighted by molar-refractivity contribution is 5.79. The molecule has 2 aromatic rings. The SMILES string of the molecule is NC(=O)Cc1ccn2ccccc12. The summed E-state index contributed by atoms with van der Waals surface area (Å²) < 4.78 is 1.97. The molecule has 0 spiro atoms. The molecule has 0 radical (unpaired) electrons. The van der Waals surface area contributed by atoms with Gasteiger partial charge in [0.15, 0.2) is 0 Å². The Balaban J connectivity index is 2.51. The molecule has 0 fully saturated rings. The highest BCUT2D eigenvalue weighted by Gasteiger charge is 2.03. The first-order chi connectivity index (χ1) is 6.27. The van der Waals surface area contributed by atoms with Gasteiger partial charge >= 0.3 is 0 Å². The lowest BCUT2D eigenvalue weighted by Crippen LogP contribution is -2.13. The molecule has 13 heavy (non-hydrogen) atoms. The van der Waals surface area contributed by atoms with E-state index in [1.165, 1.54) is 0 Å². The summed E-state index contributed by atoms with van der Waals surface area (Å²) in [7, 11) is 0. The summed E-state index contributed by atoms with van der Waals surface area (Å²) >= 11 is 0. The molecule has 0 atom stereocenters. The lowest BCUT2D eigenvalue weighted by molar-refractivity contribution is -0.117. The van der Waals surface area contributed by atoms with Gasteiger partial charge in [0.2, 0.25) is 5.91 Å². The number of nitrogens with two attached hydrogens (primary N) is 1. The van der Waals surface area contributed by atoms with Gasteiger partial charge in [-0.25, -0.2) is 0 Å². The molecule has 0 aliphatic heterocycles. The number of rotatable bonds is 2. The molecule has 0 saturated heterocycles. The van der Waals surface area contributed by atoms with Gasteiger partial charge in [-0.05, 0) is 23.8 Å². The van der Waals surface area contributed by atoms with Gasteiger partial charge < -0.3 is 10.1 Å². The van der Waals surface area contributed by atoms with Gasteiger partial charge in [-0.1, -0.05) is 6.07 Å². The Morgan fingerprint density at radius 2 is 2.15 bits per heavy atom. The van der Waals surface area contributed by atoms with E-state index < -0.39 is 0 Å². The van der Waals surface area contributed by atoms with E-state index in [0.717, 1.165) is 11.1 Å². The molecule has 2 aromatic heterocycles. The number of amides is 1. The van der Waals surface area contributed by atoms with Gasteiger partial charge in [0.1, 0.15) is 0 Å². The van der Waals surface area contributed by atoms with Gasteiger partial charge in [-0.3, -0.25) is 4.79 Å². The van der Waals surface area contributed by atoms with Gasteiger partial charge in [-0.2, -0.15) is 0 Å². The van der Waals surface area contributed by atoms with Crippen molar-refractivity contribution in [1.29, 1.82) is 0 Å². The Hall–Kier alpha value is -1.77. The Labute approximate surface area is 75.8 Å². The Morgan fingerprint density at radius 3 is 2.92 bits per heavy atom. The maximum Gasteiger partial charge on any atom is 0.221 e. The molecule has 3 heteroatoms. The summed E-state index contributed by atoms with van der Waals surface area (Å²) in [4.78, 5) is 10.7. The van der Waals surface area contributed by atoms with Crippen molar-refractivity contribution in [3.63, 3.8) is 0 Å². The standard InChI is InChI=1S/C10H10N2O/c11-10(13)7-8-4-6-12-5-2-1-3-9(8)12/h1-6H,7H2,(H2,11,13). The predicted molar refractivity (Wildman–Crippen MR) is 50.3 cm³/mol. The number of hydrogen-bond acceptors (Lipinski definition) is 1. The van der Waals surface area contributed by atoms with Crippen LogP contribution in [0.15, 0.2) is 36.7 Å². The Kier molecular flexibility index (Phi) is 1.77. The third-order valence-corrected chi connectivity index (χ3v) is 2.02. The number of primary amides is 1. The van der Waals surface area contributed by atoms with Crippen molar-refractivity contribution < 1.29 is 4.79 Å². The Bertz CT molecular complexity index is 445. The average Bonchev–Trinajstić information content (AvgIpc) is 2.48. The predicted octanol–water partition coefficient (Wildman–Crippen LogP) is 0.967. The van der Waals surface area contributed by atoms with E-state index in [1.807, 2.05) is 41.1 Å². The van der Waals surface area contributed by atoms with Crippen LogP contribution in [-0.2, 0) is 11.2 Å². The van der Waals surface area contributed by atoms with Gasteiger partial charge in [0.05, 0.1) is 6.42 Å². The number of hydrogen-bond donors (Lipinski definition) is 1. The molecule has 0 aliphatic rings. The van der Waals surface area contributed by atoms with Crippen molar-refractivity contribution in [1.82, 2.24) is 4.40 Å². The summed E-state index contributed by atoms with van der Waals surface area (Å²) in [5.41, 5.74) is 7.15. The summed E-state index contributed by atoms with van der Waals surface area (Å²) in [5.74, 6) is -0.294. The first kappa shape index (κ1) is 7.86. The summed E-state index contributed by atoms with van der Waals surface area (Å²) in [6.45, 7) is 0. The number of aromatic nitrogens is 1. The van der Waals surface area contributed by atoms with Crippen molar-refractivity contribution in [2.75, 3.05) is 0 Å². The second-order valence-electron chi connectivity index (χ2n) is 2.98. The van der Waals surface area contributed by atoms with E-state index in [0.29, 0.717) is 6.42 Å². The first-order valence-electron chi connectivity index (χ1n) is 4.10. The van der Waals surface area contributed by atoms with Gasteiger partial charge in [0, 0.05) is 17.9 Å². The summed E-state index contributed by atoms with van der Waals surface area (Å²) in [5, 5.41) is 0. The number of carbonyl (C=O) groups is 1. The molecule has 0 aliphatic carbocycles. The molecule has 0 saturated carbocycles. The normalized spacial score (nSPS) is 10.5. The fraction of sp³-hybridized carbons (Fsp3) is 0.100. The second kappa shape index (κ2) is 2.94. The largest absolute Gasteiger partial charge is 0.369 e. The van der Waals surface area contributed by atoms with Crippen molar-refractivity contribution in [3.05, 3.63) is 42.2 Å². The number of fused-ring (bicyclic) bond motifs is 1. The van der Waals surface area contributed by atoms with Crippen LogP contribution in [0.4, 0.5) is 0 Å². The van der Waals surface area contributed by atoms with E-state index in [-0.39, 0.29) is 5.91 Å². The van der Waals surface area contributed by atoms with E-state index in [4.69, 9.17) is 5.73 Å². The fourth-order valence-electron chi connectivity index (χ4n) is 1.45. The van der Waals surface area contributed by atoms with E-state index >= 15 is 0 Å². The van der Waals surface area contributed by atoms with Crippen LogP contribution in [0.5, 0.6) is 0 Å². The van der Waals surface area contributed by atoms with E-state index in [9.17, 15) is 4.79 Å². The molecule has 3 nitrogen and oxygen atoms in total. The zero-order valence-electron chi connectivity index (χ0n) is 7.10. The van der Waals surface area contributed by atoms with Crippen molar-refractivity contribution in [3.8, 4) is 0 Å². The topological polar surface area (TPSA) is 47.5 Å². The Morgan fingerprint density at radius 1 is 1.31 bits per heavy atom. The molecule has 2 rings (SSSR count). The number of pyridine rings is 1. The van der Waals surface area contributed by atoms with Gasteiger partial charge in [0.25, 0.3) is 0 Å². The molecule has 2 N–H and O–H groups in total. The quantitative estimate of drug-likeness (QED) is 0.724. The summed E-state index contributed by atoms with van der Waals surface area (Å²) in [6.07, 6.45) is 4.17. The van der Waals surface area contributed by atoms with Crippen LogP contribution in [0.3, 0.4) is 0 Å². The van der Waals surface area contributed by atoms with Crippen LogP contribution >= 0.6 is 0 Å². The number of nitrogens with zero attached hydrogens (tertiary/aromatic N) is 1. The molecular weight excluding hydrogens is 164 g/mol. The summed E-state index contributed by atoms with van der Waals surface area (Å²) in [6, 6.07) is 7.78. The minimum absolute atomic E-state index is 0.294. The lowest BCUT2D eigenvalue weighted by Gasteiger charge is -1.96. The van der Waals surface area contributed by atoms with Crippen molar-refractivity contribution in [2.24, 2.45) is 5.73 Å². The van der Waals surface area contributed by atoms with E-state index in [1.54, 1.807) is 0 Å². The third kappa shape index (κ3) is 1.40. The fourth-order valence-corrected chi connectivity index (χ4v) is 1.45. The minimum atomic E-state index is -0.294. The highest BCUT2D eigenvalue weighted by atomic mass is 16.1. The molecule has 0 unspecified atom stereocenters. The van der Waals surface area contributed by atoms with Crippen LogP contribution in [0.2, 0.25) is 0 Å². The van der Waals surface area contributed by atoms with Crippen LogP contribution in [0, 0.1) is 0 Å². The zero-order valence-corrected chi connectivity index (χ0v) is 7.10. The van der Waals surface area contributed by atoms with Crippen LogP contribution in [0.1, 0.15) is 5.56 Å². The maximum atomic E-state index is 10.7. The second-order valence-corrected chi connectivity index (χ2v) is 2.98. The molecule has 0 aromatic carbocycles. The number of carbonyl (C=O) groups excluding carboxylic acids is 1. The lowest BCUT2D eigenvalue weighted by atomic mass is 10.2. The van der Waals surface area contributed by atoms with Crippen LogP contribution < -0.4 is 5.73 Å². The highest BCUT2D eigenvalue weighted by Crippen LogP contribution is 2.12. The molecule has 0 bridgehead atoms. The van der Waals surface area contributed by atoms with Crippen molar-refractivity contribution >= 4 is 11.4 Å². The monoisotopic (exact) mass is 174 g/mol. The van der Waals surface area contributed by atoms with Crippen LogP contribution in [0.25, 0.3) is 5.52 Å². The maximum absolute atomic E-state index is 10.7.